The Hall–Kier alpha value is -2.64. The van der Waals surface area contributed by atoms with Gasteiger partial charge < -0.3 is 10.1 Å². The highest BCUT2D eigenvalue weighted by atomic mass is 35.5. The van der Waals surface area contributed by atoms with Crippen LogP contribution in [0.3, 0.4) is 0 Å². The summed E-state index contributed by atoms with van der Waals surface area (Å²) in [5.41, 5.74) is 2.06. The van der Waals surface area contributed by atoms with E-state index < -0.39 is 18.0 Å². The number of rotatable bonds is 6. The van der Waals surface area contributed by atoms with Crippen LogP contribution in [0.2, 0.25) is 10.0 Å². The van der Waals surface area contributed by atoms with E-state index in [-0.39, 0.29) is 17.0 Å². The number of hydrogen-bond donors (Lipinski definition) is 1. The minimum absolute atomic E-state index is 0.0742. The number of ether oxygens (including phenoxy) is 1. The summed E-state index contributed by atoms with van der Waals surface area (Å²) in [7, 11) is 0. The van der Waals surface area contributed by atoms with E-state index >= 15 is 0 Å². The van der Waals surface area contributed by atoms with Gasteiger partial charge in [0.05, 0.1) is 27.9 Å². The van der Waals surface area contributed by atoms with Gasteiger partial charge in [-0.3, -0.25) is 4.79 Å². The molecule has 1 amide bonds. The van der Waals surface area contributed by atoms with Gasteiger partial charge >= 0.3 is 5.97 Å². The third-order valence-corrected chi connectivity index (χ3v) is 5.28. The molecule has 3 aromatic rings. The lowest BCUT2D eigenvalue weighted by Crippen LogP contribution is -2.30. The van der Waals surface area contributed by atoms with Crippen molar-refractivity contribution in [1.29, 1.82) is 0 Å². The van der Waals surface area contributed by atoms with Crippen molar-refractivity contribution in [2.24, 2.45) is 0 Å². The summed E-state index contributed by atoms with van der Waals surface area (Å²) in [6.07, 6.45) is 0.548. The number of aromatic nitrogens is 3. The zero-order valence-electron chi connectivity index (χ0n) is 17.9. The van der Waals surface area contributed by atoms with Crippen LogP contribution in [0, 0.1) is 0 Å². The van der Waals surface area contributed by atoms with Gasteiger partial charge in [-0.05, 0) is 51.0 Å². The zero-order valence-corrected chi connectivity index (χ0v) is 19.5. The predicted molar refractivity (Wildman–Crippen MR) is 122 cm³/mol. The fraction of sp³-hybridized carbons (Fsp3) is 0.364. The van der Waals surface area contributed by atoms with Crippen molar-refractivity contribution < 1.29 is 14.3 Å². The van der Waals surface area contributed by atoms with Crippen LogP contribution >= 0.6 is 23.2 Å². The summed E-state index contributed by atoms with van der Waals surface area (Å²) in [4.78, 5) is 30.2. The second-order valence-electron chi connectivity index (χ2n) is 7.83. The largest absolute Gasteiger partial charge is 0.449 e. The van der Waals surface area contributed by atoms with Gasteiger partial charge in [0.1, 0.15) is 0 Å². The fourth-order valence-electron chi connectivity index (χ4n) is 2.98. The van der Waals surface area contributed by atoms with Gasteiger partial charge in [0.2, 0.25) is 0 Å². The third-order valence-electron chi connectivity index (χ3n) is 4.73. The number of fused-ring (bicyclic) bond motifs is 1. The quantitative estimate of drug-likeness (QED) is 0.479. The molecule has 1 aromatic carbocycles. The minimum atomic E-state index is -1.05. The van der Waals surface area contributed by atoms with Crippen molar-refractivity contribution >= 4 is 51.8 Å². The maximum atomic E-state index is 13.0. The number of hydrogen-bond acceptors (Lipinski definition) is 5. The molecular weight excluding hydrogens is 439 g/mol. The molecule has 0 saturated heterocycles. The number of anilines is 1. The second kappa shape index (κ2) is 9.24. The maximum absolute atomic E-state index is 13.0. The summed E-state index contributed by atoms with van der Waals surface area (Å²) in [6.45, 7) is 9.46. The molecule has 9 heteroatoms. The Labute approximate surface area is 190 Å². The number of amides is 1. The van der Waals surface area contributed by atoms with E-state index in [1.165, 1.54) is 13.0 Å². The standard InChI is InChI=1S/C22H24Cl2N4O3/c1-11(2)19-9-15(16-10-25-28(12(3)4)20(16)26-19)22(30)31-13(5)21(29)27-18-7-6-14(23)8-17(18)24/h6-13H,1-5H3,(H,27,29). The maximum Gasteiger partial charge on any atom is 0.339 e. The number of benzene rings is 1. The van der Waals surface area contributed by atoms with Crippen molar-refractivity contribution in [3.8, 4) is 0 Å². The van der Waals surface area contributed by atoms with Gasteiger partial charge in [0, 0.05) is 16.8 Å². The molecule has 2 heterocycles. The van der Waals surface area contributed by atoms with Gasteiger partial charge in [-0.25, -0.2) is 14.5 Å². The predicted octanol–water partition coefficient (Wildman–Crippen LogP) is 5.63. The Morgan fingerprint density at radius 2 is 1.81 bits per heavy atom. The molecule has 3 rings (SSSR count). The van der Waals surface area contributed by atoms with Gasteiger partial charge in [-0.2, -0.15) is 5.10 Å². The first kappa shape index (κ1) is 23.0. The molecule has 31 heavy (non-hydrogen) atoms. The minimum Gasteiger partial charge on any atom is -0.449 e. The van der Waals surface area contributed by atoms with Crippen LogP contribution in [0.4, 0.5) is 5.69 Å². The Morgan fingerprint density at radius 3 is 2.42 bits per heavy atom. The van der Waals surface area contributed by atoms with E-state index in [2.05, 4.69) is 15.4 Å². The van der Waals surface area contributed by atoms with Crippen molar-refractivity contribution in [3.05, 3.63) is 51.8 Å². The van der Waals surface area contributed by atoms with E-state index in [4.69, 9.17) is 27.9 Å². The van der Waals surface area contributed by atoms with Crippen LogP contribution in [0.25, 0.3) is 11.0 Å². The van der Waals surface area contributed by atoms with Gasteiger partial charge in [-0.1, -0.05) is 37.0 Å². The summed E-state index contributed by atoms with van der Waals surface area (Å²) in [5, 5.41) is 8.33. The molecule has 0 bridgehead atoms. The number of pyridine rings is 1. The molecule has 1 N–H and O–H groups in total. The van der Waals surface area contributed by atoms with Crippen molar-refractivity contribution in [3.63, 3.8) is 0 Å². The van der Waals surface area contributed by atoms with Gasteiger partial charge in [0.25, 0.3) is 5.91 Å². The van der Waals surface area contributed by atoms with E-state index in [1.807, 2.05) is 27.7 Å². The first-order valence-electron chi connectivity index (χ1n) is 9.93. The molecule has 0 aliphatic rings. The Kier molecular flexibility index (Phi) is 6.86. The molecule has 0 aliphatic carbocycles. The Bertz CT molecular complexity index is 1140. The number of esters is 1. The third kappa shape index (κ3) is 4.99. The molecule has 0 aliphatic heterocycles. The van der Waals surface area contributed by atoms with Crippen molar-refractivity contribution in [2.45, 2.75) is 52.7 Å². The van der Waals surface area contributed by atoms with Crippen LogP contribution in [-0.2, 0) is 9.53 Å². The molecule has 0 saturated carbocycles. The summed E-state index contributed by atoms with van der Waals surface area (Å²) in [5.74, 6) is -1.04. The number of halogens is 2. The highest BCUT2D eigenvalue weighted by Gasteiger charge is 2.24. The van der Waals surface area contributed by atoms with E-state index in [0.717, 1.165) is 5.69 Å². The molecule has 0 spiro atoms. The van der Waals surface area contributed by atoms with Crippen molar-refractivity contribution in [1.82, 2.24) is 14.8 Å². The van der Waals surface area contributed by atoms with E-state index in [0.29, 0.717) is 27.3 Å². The fourth-order valence-corrected chi connectivity index (χ4v) is 3.44. The smallest absolute Gasteiger partial charge is 0.339 e. The Balaban J connectivity index is 1.85. The number of nitrogens with zero attached hydrogens (tertiary/aromatic N) is 3. The molecule has 7 nitrogen and oxygen atoms in total. The molecule has 0 radical (unpaired) electrons. The van der Waals surface area contributed by atoms with Crippen LogP contribution in [-0.4, -0.2) is 32.7 Å². The first-order chi connectivity index (χ1) is 14.6. The molecular formula is C22H24Cl2N4O3. The highest BCUT2D eigenvalue weighted by molar-refractivity contribution is 6.36. The van der Waals surface area contributed by atoms with Gasteiger partial charge in [-0.15, -0.1) is 0 Å². The number of carbonyl (C=O) groups excluding carboxylic acids is 2. The molecule has 1 atom stereocenters. The van der Waals surface area contributed by atoms with E-state index in [9.17, 15) is 9.59 Å². The zero-order chi connectivity index (χ0) is 22.9. The number of carbonyl (C=O) groups is 2. The molecule has 0 fully saturated rings. The Morgan fingerprint density at radius 1 is 1.10 bits per heavy atom. The van der Waals surface area contributed by atoms with E-state index in [1.54, 1.807) is 29.1 Å². The van der Waals surface area contributed by atoms with Crippen LogP contribution in [0.15, 0.2) is 30.5 Å². The lowest BCUT2D eigenvalue weighted by Gasteiger charge is -2.16. The summed E-state index contributed by atoms with van der Waals surface area (Å²) >= 11 is 12.0. The highest BCUT2D eigenvalue weighted by Crippen LogP contribution is 2.27. The summed E-state index contributed by atoms with van der Waals surface area (Å²) in [6, 6.07) is 6.47. The average molecular weight is 463 g/mol. The van der Waals surface area contributed by atoms with Crippen LogP contribution in [0.1, 0.15) is 62.6 Å². The van der Waals surface area contributed by atoms with Crippen LogP contribution < -0.4 is 5.32 Å². The lowest BCUT2D eigenvalue weighted by atomic mass is 10.1. The van der Waals surface area contributed by atoms with Crippen molar-refractivity contribution in [2.75, 3.05) is 5.32 Å². The first-order valence-corrected chi connectivity index (χ1v) is 10.7. The lowest BCUT2D eigenvalue weighted by molar-refractivity contribution is -0.123. The van der Waals surface area contributed by atoms with Crippen LogP contribution in [0.5, 0.6) is 0 Å². The number of nitrogens with one attached hydrogen (secondary N) is 1. The average Bonchev–Trinajstić information content (AvgIpc) is 3.13. The topological polar surface area (TPSA) is 86.1 Å². The van der Waals surface area contributed by atoms with Gasteiger partial charge in [0.15, 0.2) is 11.8 Å². The second-order valence-corrected chi connectivity index (χ2v) is 8.67. The molecule has 164 valence electrons. The normalized spacial score (nSPS) is 12.4. The molecule has 1 unspecified atom stereocenters. The SMILES string of the molecule is CC(OC(=O)c1cc(C(C)C)nc2c1cnn2C(C)C)C(=O)Nc1ccc(Cl)cc1Cl. The molecule has 2 aromatic heterocycles. The summed E-state index contributed by atoms with van der Waals surface area (Å²) < 4.78 is 7.22. The monoisotopic (exact) mass is 462 g/mol.